The van der Waals surface area contributed by atoms with Gasteiger partial charge in [0, 0.05) is 0 Å². The molecule has 0 radical (unpaired) electrons. The molecule has 0 atom stereocenters. The van der Waals surface area contributed by atoms with Crippen LogP contribution in [0.2, 0.25) is 0 Å². The third kappa shape index (κ3) is 5.13. The smallest absolute Gasteiger partial charge is 0.244 e. The molecular weight excluding hydrogens is 419 g/mol. The average Bonchev–Trinajstić information content (AvgIpc) is 3.41. The predicted molar refractivity (Wildman–Crippen MR) is 116 cm³/mol. The summed E-state index contributed by atoms with van der Waals surface area (Å²) in [4.78, 5) is 29.3. The first-order valence-corrected chi connectivity index (χ1v) is 10.5. The number of nitrogens with zero attached hydrogens (tertiary/aromatic N) is 2. The fraction of sp³-hybridized carbons (Fsp3) is 0.136. The lowest BCUT2D eigenvalue weighted by Crippen LogP contribution is -2.25. The van der Waals surface area contributed by atoms with E-state index in [-0.39, 0.29) is 23.9 Å². The fourth-order valence-electron chi connectivity index (χ4n) is 2.99. The summed E-state index contributed by atoms with van der Waals surface area (Å²) in [6, 6.07) is 16.9. The van der Waals surface area contributed by atoms with Gasteiger partial charge in [-0.1, -0.05) is 36.0 Å². The molecule has 0 spiro atoms. The highest BCUT2D eigenvalue weighted by Crippen LogP contribution is 2.24. The molecule has 9 heteroatoms. The Hall–Kier alpha value is -3.59. The molecule has 2 amide bonds. The number of anilines is 1. The lowest BCUT2D eigenvalue weighted by Gasteiger charge is -2.10. The topological polar surface area (TPSA) is 89.2 Å². The van der Waals surface area contributed by atoms with Gasteiger partial charge in [0.15, 0.2) is 5.16 Å². The quantitative estimate of drug-likeness (QED) is 0.408. The number of hydrogen-bond acceptors (Lipinski definition) is 5. The maximum atomic E-state index is 13.9. The zero-order valence-electron chi connectivity index (χ0n) is 16.4. The van der Waals surface area contributed by atoms with Crippen LogP contribution < -0.4 is 10.6 Å². The molecule has 4 rings (SSSR count). The van der Waals surface area contributed by atoms with E-state index < -0.39 is 11.7 Å². The van der Waals surface area contributed by atoms with E-state index in [1.54, 1.807) is 35.1 Å². The number of imidazole rings is 1. The van der Waals surface area contributed by atoms with Gasteiger partial charge in [0.25, 0.3) is 0 Å². The molecule has 0 aliphatic rings. The van der Waals surface area contributed by atoms with Crippen LogP contribution >= 0.6 is 11.8 Å². The van der Waals surface area contributed by atoms with Gasteiger partial charge in [-0.25, -0.2) is 9.37 Å². The van der Waals surface area contributed by atoms with E-state index in [4.69, 9.17) is 4.42 Å². The first kappa shape index (κ1) is 20.7. The Morgan fingerprint density at radius 3 is 2.65 bits per heavy atom. The van der Waals surface area contributed by atoms with Crippen molar-refractivity contribution in [3.8, 4) is 0 Å². The van der Waals surface area contributed by atoms with Crippen molar-refractivity contribution in [1.29, 1.82) is 0 Å². The normalized spacial score (nSPS) is 10.9. The Labute approximate surface area is 181 Å². The van der Waals surface area contributed by atoms with Crippen molar-refractivity contribution in [3.05, 3.63) is 78.5 Å². The number of nitrogens with one attached hydrogen (secondary N) is 2. The zero-order chi connectivity index (χ0) is 21.6. The van der Waals surface area contributed by atoms with Crippen LogP contribution in [-0.4, -0.2) is 27.1 Å². The average molecular weight is 438 g/mol. The van der Waals surface area contributed by atoms with E-state index in [1.807, 2.05) is 24.3 Å². The molecule has 2 aromatic carbocycles. The van der Waals surface area contributed by atoms with Crippen molar-refractivity contribution >= 4 is 40.3 Å². The fourth-order valence-corrected chi connectivity index (χ4v) is 3.84. The van der Waals surface area contributed by atoms with Gasteiger partial charge in [-0.15, -0.1) is 0 Å². The van der Waals surface area contributed by atoms with Crippen molar-refractivity contribution in [3.63, 3.8) is 0 Å². The lowest BCUT2D eigenvalue weighted by atomic mass is 10.3. The van der Waals surface area contributed by atoms with Crippen LogP contribution in [-0.2, 0) is 22.7 Å². The number of thioether (sulfide) groups is 1. The third-order valence-corrected chi connectivity index (χ3v) is 5.42. The Balaban J connectivity index is 1.45. The van der Waals surface area contributed by atoms with E-state index in [0.29, 0.717) is 23.0 Å². The molecule has 0 saturated heterocycles. The van der Waals surface area contributed by atoms with Crippen LogP contribution in [0.15, 0.2) is 76.5 Å². The van der Waals surface area contributed by atoms with E-state index in [1.165, 1.54) is 23.9 Å². The highest BCUT2D eigenvalue weighted by atomic mass is 32.2. The maximum Gasteiger partial charge on any atom is 0.244 e. The van der Waals surface area contributed by atoms with Gasteiger partial charge in [0.2, 0.25) is 11.8 Å². The third-order valence-electron chi connectivity index (χ3n) is 4.44. The molecule has 2 heterocycles. The van der Waals surface area contributed by atoms with Crippen LogP contribution in [0.25, 0.3) is 11.0 Å². The largest absolute Gasteiger partial charge is 0.467 e. The summed E-state index contributed by atoms with van der Waals surface area (Å²) in [6.45, 7) is 0.235. The summed E-state index contributed by atoms with van der Waals surface area (Å²) in [5.74, 6) is -0.295. The van der Waals surface area contributed by atoms with Crippen LogP contribution in [0, 0.1) is 5.82 Å². The second-order valence-electron chi connectivity index (χ2n) is 6.64. The number of hydrogen-bond donors (Lipinski definition) is 2. The summed E-state index contributed by atoms with van der Waals surface area (Å²) in [5, 5.41) is 5.88. The van der Waals surface area contributed by atoms with Crippen LogP contribution in [0.3, 0.4) is 0 Å². The maximum absolute atomic E-state index is 13.9. The number of amides is 2. The molecule has 7 nitrogen and oxygen atoms in total. The molecule has 158 valence electrons. The standard InChI is InChI=1S/C22H19FN4O3S/c23-16-7-1-2-8-17(16)25-20(28)13-27-19-10-4-3-9-18(19)26-22(27)31-14-21(29)24-12-15-6-5-11-30-15/h1-11H,12-14H2,(H,24,29)(H,25,28). The molecule has 0 aliphatic carbocycles. The van der Waals surface area contributed by atoms with Crippen LogP contribution in [0.5, 0.6) is 0 Å². The van der Waals surface area contributed by atoms with Crippen molar-refractivity contribution in [2.45, 2.75) is 18.2 Å². The number of carbonyl (C=O) groups is 2. The number of furan rings is 1. The van der Waals surface area contributed by atoms with Crippen molar-refractivity contribution < 1.29 is 18.4 Å². The van der Waals surface area contributed by atoms with Crippen molar-refractivity contribution in [1.82, 2.24) is 14.9 Å². The number of carbonyl (C=O) groups excluding carboxylic acids is 2. The van der Waals surface area contributed by atoms with Gasteiger partial charge >= 0.3 is 0 Å². The SMILES string of the molecule is O=C(CSc1nc2ccccc2n1CC(=O)Nc1ccccc1F)NCc1ccco1. The minimum absolute atomic E-state index is 0.0643. The van der Waals surface area contributed by atoms with Crippen molar-refractivity contribution in [2.24, 2.45) is 0 Å². The van der Waals surface area contributed by atoms with Gasteiger partial charge in [-0.05, 0) is 36.4 Å². The predicted octanol–water partition coefficient (Wildman–Crippen LogP) is 3.82. The molecular formula is C22H19FN4O3S. The molecule has 0 fully saturated rings. The number of fused-ring (bicyclic) bond motifs is 1. The first-order chi connectivity index (χ1) is 15.1. The van der Waals surface area contributed by atoms with Gasteiger partial charge in [-0.2, -0.15) is 0 Å². The molecule has 2 N–H and O–H groups in total. The van der Waals surface area contributed by atoms with Gasteiger partial charge in [0.1, 0.15) is 18.1 Å². The number of halogens is 1. The Kier molecular flexibility index (Phi) is 6.32. The van der Waals surface area contributed by atoms with E-state index in [0.717, 1.165) is 5.52 Å². The molecule has 0 bridgehead atoms. The molecule has 0 saturated carbocycles. The monoisotopic (exact) mass is 438 g/mol. The summed E-state index contributed by atoms with van der Waals surface area (Å²) >= 11 is 1.22. The molecule has 4 aromatic rings. The number of para-hydroxylation sites is 3. The number of rotatable bonds is 8. The summed E-state index contributed by atoms with van der Waals surface area (Å²) in [6.07, 6.45) is 1.55. The Morgan fingerprint density at radius 2 is 1.84 bits per heavy atom. The first-order valence-electron chi connectivity index (χ1n) is 9.51. The Morgan fingerprint density at radius 1 is 1.03 bits per heavy atom. The lowest BCUT2D eigenvalue weighted by molar-refractivity contribution is -0.119. The van der Waals surface area contributed by atoms with E-state index in [2.05, 4.69) is 15.6 Å². The van der Waals surface area contributed by atoms with Crippen molar-refractivity contribution in [2.75, 3.05) is 11.1 Å². The molecule has 31 heavy (non-hydrogen) atoms. The van der Waals surface area contributed by atoms with Gasteiger partial charge in [0.05, 0.1) is 35.3 Å². The summed E-state index contributed by atoms with van der Waals surface area (Å²) < 4.78 is 20.8. The van der Waals surface area contributed by atoms with Crippen LogP contribution in [0.1, 0.15) is 5.76 Å². The van der Waals surface area contributed by atoms with Crippen LogP contribution in [0.4, 0.5) is 10.1 Å². The van der Waals surface area contributed by atoms with E-state index >= 15 is 0 Å². The molecule has 0 aliphatic heterocycles. The zero-order valence-corrected chi connectivity index (χ0v) is 17.2. The minimum atomic E-state index is -0.505. The second kappa shape index (κ2) is 9.48. The number of benzene rings is 2. The highest BCUT2D eigenvalue weighted by molar-refractivity contribution is 7.99. The minimum Gasteiger partial charge on any atom is -0.467 e. The Bertz CT molecular complexity index is 1210. The summed E-state index contributed by atoms with van der Waals surface area (Å²) in [7, 11) is 0. The second-order valence-corrected chi connectivity index (χ2v) is 7.58. The van der Waals surface area contributed by atoms with Gasteiger partial charge < -0.3 is 19.6 Å². The van der Waals surface area contributed by atoms with Gasteiger partial charge in [-0.3, -0.25) is 9.59 Å². The number of aromatic nitrogens is 2. The highest BCUT2D eigenvalue weighted by Gasteiger charge is 2.16. The summed E-state index contributed by atoms with van der Waals surface area (Å²) in [5.41, 5.74) is 1.58. The molecule has 2 aromatic heterocycles. The van der Waals surface area contributed by atoms with E-state index in [9.17, 15) is 14.0 Å². The molecule has 0 unspecified atom stereocenters.